The van der Waals surface area contributed by atoms with Crippen molar-refractivity contribution in [3.8, 4) is 5.75 Å². The van der Waals surface area contributed by atoms with Crippen LogP contribution in [0, 0.1) is 5.92 Å². The predicted molar refractivity (Wildman–Crippen MR) is 73.6 cm³/mol. The summed E-state index contributed by atoms with van der Waals surface area (Å²) in [4.78, 5) is 22.8. The number of carbonyl (C=O) groups excluding carboxylic acids is 2. The molecule has 2 atom stereocenters. The van der Waals surface area contributed by atoms with E-state index in [4.69, 9.17) is 4.74 Å². The molecule has 1 aromatic carbocycles. The molecule has 0 bridgehead atoms. The summed E-state index contributed by atoms with van der Waals surface area (Å²) in [6, 6.07) is 5.50. The first-order valence-electron chi connectivity index (χ1n) is 6.53. The third-order valence-corrected chi connectivity index (χ3v) is 3.47. The van der Waals surface area contributed by atoms with E-state index in [1.165, 1.54) is 0 Å². The third kappa shape index (κ3) is 2.13. The zero-order valence-corrected chi connectivity index (χ0v) is 11.3. The highest BCUT2D eigenvalue weighted by Gasteiger charge is 2.26. The first-order valence-corrected chi connectivity index (χ1v) is 6.53. The van der Waals surface area contributed by atoms with E-state index >= 15 is 0 Å². The average Bonchev–Trinajstić information content (AvgIpc) is 2.40. The summed E-state index contributed by atoms with van der Waals surface area (Å²) >= 11 is 0. The van der Waals surface area contributed by atoms with Gasteiger partial charge in [-0.25, -0.2) is 5.43 Å². The van der Waals surface area contributed by atoms with Crippen LogP contribution in [0.5, 0.6) is 5.75 Å². The monoisotopic (exact) mass is 273 g/mol. The van der Waals surface area contributed by atoms with Crippen molar-refractivity contribution in [2.75, 3.05) is 5.32 Å². The van der Waals surface area contributed by atoms with E-state index in [9.17, 15) is 9.59 Å². The fourth-order valence-corrected chi connectivity index (χ4v) is 2.36. The number of nitrogens with one attached hydrogen (secondary N) is 2. The molecule has 0 fully saturated rings. The number of nitrogens with zero attached hydrogens (tertiary/aromatic N) is 1. The van der Waals surface area contributed by atoms with Gasteiger partial charge in [0.05, 0.1) is 11.4 Å². The van der Waals surface area contributed by atoms with Crippen molar-refractivity contribution in [2.24, 2.45) is 11.0 Å². The Labute approximate surface area is 116 Å². The van der Waals surface area contributed by atoms with Gasteiger partial charge in [0.25, 0.3) is 5.91 Å². The smallest absolute Gasteiger partial charge is 0.265 e. The van der Waals surface area contributed by atoms with Crippen LogP contribution >= 0.6 is 0 Å². The first-order chi connectivity index (χ1) is 9.54. The van der Waals surface area contributed by atoms with Gasteiger partial charge in [-0.2, -0.15) is 5.10 Å². The van der Waals surface area contributed by atoms with E-state index in [0.29, 0.717) is 17.9 Å². The molecule has 0 saturated carbocycles. The lowest BCUT2D eigenvalue weighted by molar-refractivity contribution is -0.123. The third-order valence-electron chi connectivity index (χ3n) is 3.47. The Kier molecular flexibility index (Phi) is 2.93. The molecule has 2 amide bonds. The van der Waals surface area contributed by atoms with E-state index in [2.05, 4.69) is 15.8 Å². The highest BCUT2D eigenvalue weighted by Crippen LogP contribution is 2.31. The van der Waals surface area contributed by atoms with E-state index in [1.54, 1.807) is 13.0 Å². The zero-order valence-electron chi connectivity index (χ0n) is 11.3. The lowest BCUT2D eigenvalue weighted by atomic mass is 9.93. The maximum absolute atomic E-state index is 11.5. The molecule has 0 aliphatic carbocycles. The quantitative estimate of drug-likeness (QED) is 0.808. The van der Waals surface area contributed by atoms with E-state index < -0.39 is 6.10 Å². The van der Waals surface area contributed by atoms with Crippen LogP contribution < -0.4 is 15.5 Å². The summed E-state index contributed by atoms with van der Waals surface area (Å²) in [5.74, 6) is 0.455. The Morgan fingerprint density at radius 2 is 2.10 bits per heavy atom. The summed E-state index contributed by atoms with van der Waals surface area (Å²) in [6.07, 6.45) is -0.0904. The van der Waals surface area contributed by atoms with Crippen LogP contribution in [-0.2, 0) is 9.59 Å². The normalized spacial score (nSPS) is 25.0. The molecule has 6 heteroatoms. The Balaban J connectivity index is 1.95. The minimum atomic E-state index is -0.511. The number of ether oxygens (including phenoxy) is 1. The maximum Gasteiger partial charge on any atom is 0.265 e. The summed E-state index contributed by atoms with van der Waals surface area (Å²) in [5.41, 5.74) is 4.86. The second kappa shape index (κ2) is 4.63. The minimum absolute atomic E-state index is 0.0532. The minimum Gasteiger partial charge on any atom is -0.479 e. The molecule has 20 heavy (non-hydrogen) atoms. The molecule has 6 nitrogen and oxygen atoms in total. The lowest BCUT2D eigenvalue weighted by Crippen LogP contribution is -2.35. The molecular weight excluding hydrogens is 258 g/mol. The van der Waals surface area contributed by atoms with Crippen LogP contribution in [0.25, 0.3) is 0 Å². The van der Waals surface area contributed by atoms with Gasteiger partial charge in [0.1, 0.15) is 5.75 Å². The van der Waals surface area contributed by atoms with E-state index in [-0.39, 0.29) is 17.7 Å². The number of hydrazone groups is 1. The predicted octanol–water partition coefficient (Wildman–Crippen LogP) is 1.27. The molecular formula is C14H15N3O3. The van der Waals surface area contributed by atoms with Crippen molar-refractivity contribution < 1.29 is 14.3 Å². The van der Waals surface area contributed by atoms with Gasteiger partial charge < -0.3 is 10.1 Å². The number of anilines is 1. The van der Waals surface area contributed by atoms with Crippen molar-refractivity contribution in [3.05, 3.63) is 23.8 Å². The van der Waals surface area contributed by atoms with Gasteiger partial charge in [0.2, 0.25) is 5.91 Å². The molecule has 2 unspecified atom stereocenters. The van der Waals surface area contributed by atoms with Crippen molar-refractivity contribution in [2.45, 2.75) is 26.4 Å². The van der Waals surface area contributed by atoms with Crippen molar-refractivity contribution in [3.63, 3.8) is 0 Å². The molecule has 104 valence electrons. The average molecular weight is 273 g/mol. The first kappa shape index (κ1) is 12.7. The molecule has 1 aromatic rings. The van der Waals surface area contributed by atoms with E-state index in [0.717, 1.165) is 11.3 Å². The molecule has 2 aliphatic rings. The van der Waals surface area contributed by atoms with Gasteiger partial charge in [-0.1, -0.05) is 13.0 Å². The molecule has 2 aliphatic heterocycles. The summed E-state index contributed by atoms with van der Waals surface area (Å²) in [6.45, 7) is 3.66. The van der Waals surface area contributed by atoms with Crippen LogP contribution in [0.15, 0.2) is 23.3 Å². The van der Waals surface area contributed by atoms with E-state index in [1.807, 2.05) is 19.1 Å². The van der Waals surface area contributed by atoms with Crippen LogP contribution in [0.3, 0.4) is 0 Å². The molecule has 3 rings (SSSR count). The Morgan fingerprint density at radius 3 is 2.85 bits per heavy atom. The zero-order chi connectivity index (χ0) is 14.3. The van der Waals surface area contributed by atoms with Gasteiger partial charge in [0.15, 0.2) is 6.10 Å². The molecule has 0 spiro atoms. The van der Waals surface area contributed by atoms with Crippen molar-refractivity contribution in [1.82, 2.24) is 5.43 Å². The second-order valence-electron chi connectivity index (χ2n) is 5.10. The standard InChI is InChI=1S/C14H15N3O3/c1-7-5-12(18)16-17-13(7)9-3-4-10-11(6-9)20-8(2)14(19)15-10/h3-4,6-8H,5H2,1-2H3,(H,15,19)(H,16,18). The van der Waals surface area contributed by atoms with Crippen molar-refractivity contribution in [1.29, 1.82) is 0 Å². The number of carbonyl (C=O) groups is 2. The van der Waals surface area contributed by atoms with Gasteiger partial charge >= 0.3 is 0 Å². The Hall–Kier alpha value is -2.37. The van der Waals surface area contributed by atoms with Gasteiger partial charge in [-0.15, -0.1) is 0 Å². The van der Waals surface area contributed by atoms with Crippen molar-refractivity contribution >= 4 is 23.2 Å². The van der Waals surface area contributed by atoms with Crippen LogP contribution in [-0.4, -0.2) is 23.6 Å². The number of hydrogen-bond acceptors (Lipinski definition) is 4. The Bertz CT molecular complexity index is 624. The number of rotatable bonds is 1. The summed E-state index contributed by atoms with van der Waals surface area (Å²) < 4.78 is 5.58. The lowest BCUT2D eigenvalue weighted by Gasteiger charge is -2.25. The van der Waals surface area contributed by atoms with Gasteiger partial charge in [0, 0.05) is 17.9 Å². The van der Waals surface area contributed by atoms with Gasteiger partial charge in [-0.05, 0) is 19.1 Å². The molecule has 0 saturated heterocycles. The Morgan fingerprint density at radius 1 is 1.30 bits per heavy atom. The SMILES string of the molecule is CC1CC(=O)NN=C1c1ccc2c(c1)OC(C)C(=O)N2. The summed E-state index contributed by atoms with van der Waals surface area (Å²) in [5, 5.41) is 6.90. The number of amides is 2. The maximum atomic E-state index is 11.5. The fraction of sp³-hybridized carbons (Fsp3) is 0.357. The van der Waals surface area contributed by atoms with Crippen LogP contribution in [0.4, 0.5) is 5.69 Å². The molecule has 0 radical (unpaired) electrons. The van der Waals surface area contributed by atoms with Gasteiger partial charge in [-0.3, -0.25) is 9.59 Å². The highest BCUT2D eigenvalue weighted by molar-refractivity contribution is 6.07. The number of hydrogen-bond donors (Lipinski definition) is 2. The fourth-order valence-electron chi connectivity index (χ4n) is 2.36. The summed E-state index contributed by atoms with van der Waals surface area (Å²) in [7, 11) is 0. The highest BCUT2D eigenvalue weighted by atomic mass is 16.5. The second-order valence-corrected chi connectivity index (χ2v) is 5.10. The largest absolute Gasteiger partial charge is 0.479 e. The van der Waals surface area contributed by atoms with Crippen LogP contribution in [0.2, 0.25) is 0 Å². The number of benzene rings is 1. The molecule has 2 heterocycles. The topological polar surface area (TPSA) is 79.8 Å². The molecule has 2 N–H and O–H groups in total. The van der Waals surface area contributed by atoms with Crippen LogP contribution in [0.1, 0.15) is 25.8 Å². The molecule has 0 aromatic heterocycles. The number of fused-ring (bicyclic) bond motifs is 1.